The number of nitrogens with one attached hydrogen (secondary N) is 2. The maximum absolute atomic E-state index is 10.7. The van der Waals surface area contributed by atoms with Gasteiger partial charge in [-0.2, -0.15) is 10.2 Å². The van der Waals surface area contributed by atoms with E-state index in [1.54, 1.807) is 27.7 Å². The van der Waals surface area contributed by atoms with Gasteiger partial charge in [-0.15, -0.1) is 0 Å². The number of nitro groups is 4. The number of benzene rings is 2. The highest BCUT2D eigenvalue weighted by atomic mass is 16.6. The van der Waals surface area contributed by atoms with Gasteiger partial charge in [0.05, 0.1) is 31.8 Å². The number of nitrogens with zero attached hydrogens (tertiary/aromatic N) is 6. The lowest BCUT2D eigenvalue weighted by Gasteiger charge is -2.02. The van der Waals surface area contributed by atoms with Crippen LogP contribution in [-0.4, -0.2) is 31.1 Å². The van der Waals surface area contributed by atoms with E-state index in [0.717, 1.165) is 12.1 Å². The van der Waals surface area contributed by atoms with Gasteiger partial charge in [0.1, 0.15) is 11.4 Å². The van der Waals surface area contributed by atoms with E-state index in [2.05, 4.69) is 21.1 Å². The summed E-state index contributed by atoms with van der Waals surface area (Å²) in [5, 5.41) is 50.1. The van der Waals surface area contributed by atoms with E-state index in [-0.39, 0.29) is 34.1 Å². The van der Waals surface area contributed by atoms with Gasteiger partial charge in [-0.1, -0.05) is 0 Å². The van der Waals surface area contributed by atoms with Gasteiger partial charge in [-0.3, -0.25) is 51.3 Å². The van der Waals surface area contributed by atoms with E-state index in [4.69, 9.17) is 0 Å². The van der Waals surface area contributed by atoms with Gasteiger partial charge >= 0.3 is 11.4 Å². The SMILES string of the molecule is CC(C)=NNc1ccc([N+](=O)[O-])cc1[N+](=O)[O-].CC(C)=NNc1ccc([N+](=O)[O-])cc1[N+](=O)[O-]. The average molecular weight is 476 g/mol. The summed E-state index contributed by atoms with van der Waals surface area (Å²) < 4.78 is 0. The molecule has 180 valence electrons. The van der Waals surface area contributed by atoms with Crippen LogP contribution in [0.4, 0.5) is 34.1 Å². The minimum absolute atomic E-state index is 0.113. The van der Waals surface area contributed by atoms with Crippen LogP contribution in [-0.2, 0) is 0 Å². The Morgan fingerprint density at radius 1 is 0.618 bits per heavy atom. The molecular weight excluding hydrogens is 456 g/mol. The molecule has 2 rings (SSSR count). The fourth-order valence-corrected chi connectivity index (χ4v) is 2.10. The minimum atomic E-state index is -0.699. The molecule has 0 spiro atoms. The van der Waals surface area contributed by atoms with Crippen LogP contribution in [0.5, 0.6) is 0 Å². The highest BCUT2D eigenvalue weighted by molar-refractivity contribution is 5.81. The van der Waals surface area contributed by atoms with E-state index in [0.29, 0.717) is 11.4 Å². The summed E-state index contributed by atoms with van der Waals surface area (Å²) in [5.74, 6) is 0. The normalized spacial score (nSPS) is 9.53. The molecule has 0 unspecified atom stereocenters. The molecule has 0 saturated carbocycles. The summed E-state index contributed by atoms with van der Waals surface area (Å²) in [6.07, 6.45) is 0. The molecule has 16 nitrogen and oxygen atoms in total. The van der Waals surface area contributed by atoms with Gasteiger partial charge < -0.3 is 0 Å². The Labute approximate surface area is 191 Å². The topological polar surface area (TPSA) is 221 Å². The van der Waals surface area contributed by atoms with Gasteiger partial charge in [-0.05, 0) is 39.8 Å². The second-order valence-electron chi connectivity index (χ2n) is 6.77. The van der Waals surface area contributed by atoms with Crippen LogP contribution in [0.1, 0.15) is 27.7 Å². The van der Waals surface area contributed by atoms with E-state index >= 15 is 0 Å². The highest BCUT2D eigenvalue weighted by Gasteiger charge is 2.20. The van der Waals surface area contributed by atoms with Crippen LogP contribution in [0.15, 0.2) is 46.6 Å². The van der Waals surface area contributed by atoms with Gasteiger partial charge in [-0.25, -0.2) is 0 Å². The monoisotopic (exact) mass is 476 g/mol. The van der Waals surface area contributed by atoms with Gasteiger partial charge in [0.25, 0.3) is 11.4 Å². The quantitative estimate of drug-likeness (QED) is 0.305. The molecule has 0 aliphatic rings. The van der Waals surface area contributed by atoms with Crippen molar-refractivity contribution < 1.29 is 19.7 Å². The standard InChI is InChI=1S/2C9H10N4O4/c2*1-6(2)10-11-8-4-3-7(12(14)15)5-9(8)13(16)17/h2*3-5,11H,1-2H3. The largest absolute Gasteiger partial charge is 0.301 e. The van der Waals surface area contributed by atoms with Crippen LogP contribution < -0.4 is 10.9 Å². The van der Waals surface area contributed by atoms with Crippen LogP contribution >= 0.6 is 0 Å². The van der Waals surface area contributed by atoms with Crippen molar-refractivity contribution in [2.45, 2.75) is 27.7 Å². The summed E-state index contributed by atoms with van der Waals surface area (Å²) in [7, 11) is 0. The van der Waals surface area contributed by atoms with Crippen molar-refractivity contribution >= 4 is 45.5 Å². The Morgan fingerprint density at radius 3 is 1.18 bits per heavy atom. The predicted molar refractivity (Wildman–Crippen MR) is 124 cm³/mol. The van der Waals surface area contributed by atoms with Crippen molar-refractivity contribution in [3.63, 3.8) is 0 Å². The molecule has 0 radical (unpaired) electrons. The molecule has 0 amide bonds. The van der Waals surface area contributed by atoms with Crippen LogP contribution in [0.25, 0.3) is 0 Å². The third-order valence-electron chi connectivity index (χ3n) is 3.58. The number of hydrogen-bond acceptors (Lipinski definition) is 12. The average Bonchev–Trinajstić information content (AvgIpc) is 2.76. The van der Waals surface area contributed by atoms with Gasteiger partial charge in [0.15, 0.2) is 0 Å². The van der Waals surface area contributed by atoms with Crippen LogP contribution in [0, 0.1) is 40.5 Å². The number of hydrogen-bond donors (Lipinski definition) is 2. The lowest BCUT2D eigenvalue weighted by atomic mass is 10.2. The maximum atomic E-state index is 10.7. The zero-order valence-electron chi connectivity index (χ0n) is 18.4. The van der Waals surface area contributed by atoms with Gasteiger partial charge in [0.2, 0.25) is 0 Å². The van der Waals surface area contributed by atoms with Crippen molar-refractivity contribution in [2.75, 3.05) is 10.9 Å². The van der Waals surface area contributed by atoms with Crippen molar-refractivity contribution in [3.05, 3.63) is 76.9 Å². The summed E-state index contributed by atoms with van der Waals surface area (Å²) >= 11 is 0. The van der Waals surface area contributed by atoms with Crippen LogP contribution in [0.3, 0.4) is 0 Å². The Kier molecular flexibility index (Phi) is 9.64. The molecule has 0 aliphatic carbocycles. The molecule has 0 bridgehead atoms. The van der Waals surface area contributed by atoms with Gasteiger partial charge in [0, 0.05) is 23.6 Å². The molecule has 2 aromatic rings. The number of non-ortho nitro benzene ring substituents is 2. The molecule has 0 heterocycles. The number of nitro benzene ring substituents is 4. The minimum Gasteiger partial charge on any atom is -0.272 e. The molecule has 0 fully saturated rings. The lowest BCUT2D eigenvalue weighted by molar-refractivity contribution is -0.393. The predicted octanol–water partition coefficient (Wildman–Crippen LogP) is 4.62. The summed E-state index contributed by atoms with van der Waals surface area (Å²) in [6, 6.07) is 6.64. The molecule has 0 saturated heterocycles. The second kappa shape index (κ2) is 12.1. The number of hydrazone groups is 2. The van der Waals surface area contributed by atoms with E-state index in [9.17, 15) is 40.5 Å². The summed E-state index contributed by atoms with van der Waals surface area (Å²) in [6.45, 7) is 6.85. The van der Waals surface area contributed by atoms with E-state index < -0.39 is 19.7 Å². The molecule has 0 aliphatic heterocycles. The number of rotatable bonds is 8. The molecule has 34 heavy (non-hydrogen) atoms. The highest BCUT2D eigenvalue weighted by Crippen LogP contribution is 2.29. The first-order valence-corrected chi connectivity index (χ1v) is 9.23. The molecule has 2 aromatic carbocycles. The van der Waals surface area contributed by atoms with E-state index in [1.807, 2.05) is 0 Å². The zero-order chi connectivity index (χ0) is 26.0. The fourth-order valence-electron chi connectivity index (χ4n) is 2.10. The smallest absolute Gasteiger partial charge is 0.272 e. The Balaban J connectivity index is 0.000000340. The molecule has 16 heteroatoms. The first-order valence-electron chi connectivity index (χ1n) is 9.23. The summed E-state index contributed by atoms with van der Waals surface area (Å²) in [5.41, 5.74) is 5.11. The van der Waals surface area contributed by atoms with Crippen molar-refractivity contribution in [2.24, 2.45) is 10.2 Å². The molecular formula is C18H20N8O8. The Hall–Kier alpha value is -5.02. The Morgan fingerprint density at radius 2 is 0.941 bits per heavy atom. The first kappa shape index (κ1) is 27.0. The van der Waals surface area contributed by atoms with Crippen molar-refractivity contribution in [1.82, 2.24) is 0 Å². The summed E-state index contributed by atoms with van der Waals surface area (Å²) in [4.78, 5) is 39.7. The fraction of sp³-hybridized carbons (Fsp3) is 0.222. The number of anilines is 2. The molecule has 0 aromatic heterocycles. The second-order valence-corrected chi connectivity index (χ2v) is 6.77. The lowest BCUT2D eigenvalue weighted by Crippen LogP contribution is -1.99. The van der Waals surface area contributed by atoms with E-state index in [1.165, 1.54) is 24.3 Å². The van der Waals surface area contributed by atoms with Crippen LogP contribution in [0.2, 0.25) is 0 Å². The maximum Gasteiger partial charge on any atom is 0.301 e. The zero-order valence-corrected chi connectivity index (χ0v) is 18.4. The third-order valence-corrected chi connectivity index (χ3v) is 3.58. The molecule has 2 N–H and O–H groups in total. The first-order chi connectivity index (χ1) is 15.8. The third kappa shape index (κ3) is 8.25. The van der Waals surface area contributed by atoms with Crippen molar-refractivity contribution in [1.29, 1.82) is 0 Å². The molecule has 0 atom stereocenters. The Bertz CT molecular complexity index is 1080. The van der Waals surface area contributed by atoms with Crippen molar-refractivity contribution in [3.8, 4) is 0 Å².